The standard InChI is InChI=1S/C25H32ClN3O3/c1-16(30)15-32-23-9-8-21(17(2)18(23)3)22-6-4-5-20-14-28(11-12-29(20)22)25(31)19-7-10-24(26)27-13-19/h7-10,13,16,20,22,30H,4-6,11-12,14-15H2,1-3H3/t16-,20+,22-/m1/s1. The molecule has 6 nitrogen and oxygen atoms in total. The number of piperazine rings is 1. The number of carbonyl (C=O) groups is 1. The number of aliphatic hydroxyl groups is 1. The summed E-state index contributed by atoms with van der Waals surface area (Å²) < 4.78 is 5.80. The number of rotatable bonds is 5. The number of hydrogen-bond acceptors (Lipinski definition) is 5. The molecule has 3 heterocycles. The SMILES string of the molecule is Cc1c(OC[C@@H](C)O)ccc([C@H]2CCC[C@H]3CN(C(=O)c4ccc(Cl)nc4)CCN32)c1C. The van der Waals surface area contributed by atoms with Gasteiger partial charge in [0.2, 0.25) is 0 Å². The third-order valence-corrected chi connectivity index (χ3v) is 7.05. The van der Waals surface area contributed by atoms with Gasteiger partial charge in [-0.15, -0.1) is 0 Å². The van der Waals surface area contributed by atoms with Crippen molar-refractivity contribution in [2.45, 2.75) is 58.2 Å². The first-order chi connectivity index (χ1) is 15.3. The molecular weight excluding hydrogens is 426 g/mol. The molecule has 2 fully saturated rings. The van der Waals surface area contributed by atoms with Crippen molar-refractivity contribution in [1.82, 2.24) is 14.8 Å². The highest BCUT2D eigenvalue weighted by molar-refractivity contribution is 6.29. The van der Waals surface area contributed by atoms with Gasteiger partial charge < -0.3 is 14.7 Å². The number of nitrogens with zero attached hydrogens (tertiary/aromatic N) is 3. The molecule has 7 heteroatoms. The predicted octanol–water partition coefficient (Wildman–Crippen LogP) is 4.16. The molecule has 1 amide bonds. The second-order valence-electron chi connectivity index (χ2n) is 9.02. The summed E-state index contributed by atoms with van der Waals surface area (Å²) in [7, 11) is 0. The topological polar surface area (TPSA) is 65.9 Å². The molecule has 4 rings (SSSR count). The molecule has 1 aromatic carbocycles. The fourth-order valence-electron chi connectivity index (χ4n) is 5.00. The zero-order chi connectivity index (χ0) is 22.8. The Kier molecular flexibility index (Phi) is 7.03. The molecule has 0 bridgehead atoms. The van der Waals surface area contributed by atoms with E-state index in [9.17, 15) is 9.90 Å². The Morgan fingerprint density at radius 3 is 2.75 bits per heavy atom. The summed E-state index contributed by atoms with van der Waals surface area (Å²) in [6.07, 6.45) is 4.45. The number of aromatic nitrogens is 1. The maximum absolute atomic E-state index is 13.0. The Morgan fingerprint density at radius 2 is 2.03 bits per heavy atom. The number of carbonyl (C=O) groups excluding carboxylic acids is 1. The zero-order valence-electron chi connectivity index (χ0n) is 19.1. The molecule has 0 spiro atoms. The van der Waals surface area contributed by atoms with Crippen LogP contribution in [-0.2, 0) is 0 Å². The van der Waals surface area contributed by atoms with Crippen LogP contribution in [0.25, 0.3) is 0 Å². The monoisotopic (exact) mass is 457 g/mol. The first-order valence-electron chi connectivity index (χ1n) is 11.4. The van der Waals surface area contributed by atoms with E-state index < -0.39 is 6.10 Å². The summed E-state index contributed by atoms with van der Waals surface area (Å²) >= 11 is 5.87. The number of pyridine rings is 1. The number of halogens is 1. The fraction of sp³-hybridized carbons (Fsp3) is 0.520. The van der Waals surface area contributed by atoms with E-state index >= 15 is 0 Å². The summed E-state index contributed by atoms with van der Waals surface area (Å²) in [6, 6.07) is 8.36. The summed E-state index contributed by atoms with van der Waals surface area (Å²) in [5.74, 6) is 0.870. The molecule has 3 atom stereocenters. The third-order valence-electron chi connectivity index (χ3n) is 6.82. The summed E-state index contributed by atoms with van der Waals surface area (Å²) in [5, 5.41) is 9.94. The number of fused-ring (bicyclic) bond motifs is 1. The molecule has 2 aliphatic heterocycles. The first-order valence-corrected chi connectivity index (χ1v) is 11.8. The van der Waals surface area contributed by atoms with Crippen LogP contribution in [0.2, 0.25) is 5.15 Å². The highest BCUT2D eigenvalue weighted by Gasteiger charge is 2.37. The van der Waals surface area contributed by atoms with E-state index in [0.29, 0.717) is 36.0 Å². The van der Waals surface area contributed by atoms with Crippen molar-refractivity contribution in [2.24, 2.45) is 0 Å². The van der Waals surface area contributed by atoms with E-state index in [2.05, 4.69) is 29.8 Å². The molecule has 1 aromatic heterocycles. The van der Waals surface area contributed by atoms with Gasteiger partial charge >= 0.3 is 0 Å². The zero-order valence-corrected chi connectivity index (χ0v) is 19.8. The van der Waals surface area contributed by atoms with Crippen LogP contribution < -0.4 is 4.74 Å². The van der Waals surface area contributed by atoms with Crippen LogP contribution in [-0.4, -0.2) is 64.2 Å². The van der Waals surface area contributed by atoms with Crippen molar-refractivity contribution < 1.29 is 14.6 Å². The van der Waals surface area contributed by atoms with E-state index in [4.69, 9.17) is 16.3 Å². The van der Waals surface area contributed by atoms with Crippen LogP contribution in [0.4, 0.5) is 0 Å². The van der Waals surface area contributed by atoms with E-state index in [-0.39, 0.29) is 5.91 Å². The van der Waals surface area contributed by atoms with Gasteiger partial charge in [-0.1, -0.05) is 17.7 Å². The lowest BCUT2D eigenvalue weighted by atomic mass is 9.86. The average Bonchev–Trinajstić information content (AvgIpc) is 2.79. The molecule has 0 saturated carbocycles. The Balaban J connectivity index is 1.49. The predicted molar refractivity (Wildman–Crippen MR) is 125 cm³/mol. The lowest BCUT2D eigenvalue weighted by Gasteiger charge is -2.48. The highest BCUT2D eigenvalue weighted by atomic mass is 35.5. The van der Waals surface area contributed by atoms with E-state index in [0.717, 1.165) is 43.7 Å². The van der Waals surface area contributed by atoms with Crippen molar-refractivity contribution >= 4 is 17.5 Å². The normalized spacial score (nSPS) is 22.3. The van der Waals surface area contributed by atoms with Gasteiger partial charge in [0.1, 0.15) is 17.5 Å². The maximum Gasteiger partial charge on any atom is 0.255 e. The summed E-state index contributed by atoms with van der Waals surface area (Å²) in [5.41, 5.74) is 4.33. The number of amides is 1. The number of piperidine rings is 1. The average molecular weight is 458 g/mol. The number of aliphatic hydroxyl groups excluding tert-OH is 1. The van der Waals surface area contributed by atoms with Crippen molar-refractivity contribution in [2.75, 3.05) is 26.2 Å². The Morgan fingerprint density at radius 1 is 1.22 bits per heavy atom. The fourth-order valence-corrected chi connectivity index (χ4v) is 5.11. The number of ether oxygens (including phenoxy) is 1. The van der Waals surface area contributed by atoms with Gasteiger partial charge in [-0.2, -0.15) is 0 Å². The molecule has 1 N–H and O–H groups in total. The van der Waals surface area contributed by atoms with Crippen LogP contribution in [0.15, 0.2) is 30.5 Å². The molecule has 2 saturated heterocycles. The Bertz CT molecular complexity index is 964. The van der Waals surface area contributed by atoms with Gasteiger partial charge in [-0.3, -0.25) is 9.69 Å². The minimum Gasteiger partial charge on any atom is -0.491 e. The Labute approximate surface area is 195 Å². The van der Waals surface area contributed by atoms with Crippen molar-refractivity contribution in [3.8, 4) is 5.75 Å². The van der Waals surface area contributed by atoms with Crippen molar-refractivity contribution in [1.29, 1.82) is 0 Å². The molecule has 2 aliphatic rings. The van der Waals surface area contributed by atoms with Gasteiger partial charge in [-0.25, -0.2) is 4.98 Å². The molecule has 32 heavy (non-hydrogen) atoms. The minimum atomic E-state index is -0.490. The van der Waals surface area contributed by atoms with Crippen LogP contribution >= 0.6 is 11.6 Å². The van der Waals surface area contributed by atoms with E-state index in [1.807, 2.05) is 11.0 Å². The van der Waals surface area contributed by atoms with Gasteiger partial charge in [0, 0.05) is 37.9 Å². The second-order valence-corrected chi connectivity index (χ2v) is 9.41. The molecule has 2 aromatic rings. The van der Waals surface area contributed by atoms with Gasteiger partial charge in [0.25, 0.3) is 5.91 Å². The quantitative estimate of drug-likeness (QED) is 0.683. The molecule has 0 unspecified atom stereocenters. The Hall–Kier alpha value is -2.15. The van der Waals surface area contributed by atoms with E-state index in [1.165, 1.54) is 11.1 Å². The van der Waals surface area contributed by atoms with E-state index in [1.54, 1.807) is 25.3 Å². The lowest BCUT2D eigenvalue weighted by Crippen LogP contribution is -2.57. The number of hydrogen-bond donors (Lipinski definition) is 1. The smallest absolute Gasteiger partial charge is 0.255 e. The molecule has 0 aliphatic carbocycles. The van der Waals surface area contributed by atoms with Crippen LogP contribution in [0, 0.1) is 13.8 Å². The van der Waals surface area contributed by atoms with Gasteiger partial charge in [0.05, 0.1) is 11.7 Å². The lowest BCUT2D eigenvalue weighted by molar-refractivity contribution is 0.0101. The van der Waals surface area contributed by atoms with Crippen molar-refractivity contribution in [3.63, 3.8) is 0 Å². The summed E-state index contributed by atoms with van der Waals surface area (Å²) in [4.78, 5) is 21.6. The van der Waals surface area contributed by atoms with Gasteiger partial charge in [-0.05, 0) is 74.9 Å². The summed E-state index contributed by atoms with van der Waals surface area (Å²) in [6.45, 7) is 8.59. The number of benzene rings is 1. The van der Waals surface area contributed by atoms with Crippen molar-refractivity contribution in [3.05, 3.63) is 57.9 Å². The largest absolute Gasteiger partial charge is 0.491 e. The highest BCUT2D eigenvalue weighted by Crippen LogP contribution is 2.39. The molecule has 172 valence electrons. The third kappa shape index (κ3) is 4.77. The molecular formula is C25H32ClN3O3. The van der Waals surface area contributed by atoms with Crippen LogP contribution in [0.5, 0.6) is 5.75 Å². The maximum atomic E-state index is 13.0. The first kappa shape index (κ1) is 23.0. The van der Waals surface area contributed by atoms with Crippen LogP contribution in [0.3, 0.4) is 0 Å². The molecule has 0 radical (unpaired) electrons. The van der Waals surface area contributed by atoms with Gasteiger partial charge in [0.15, 0.2) is 0 Å². The minimum absolute atomic E-state index is 0.0302. The second kappa shape index (κ2) is 9.77. The van der Waals surface area contributed by atoms with Crippen LogP contribution in [0.1, 0.15) is 59.3 Å².